The zero-order valence-electron chi connectivity index (χ0n) is 8.99. The summed E-state index contributed by atoms with van der Waals surface area (Å²) in [6.07, 6.45) is 3.30. The number of hydrogen-bond acceptors (Lipinski definition) is 1. The second kappa shape index (κ2) is 5.58. The number of carbonyl (C=O) groups excluding carboxylic acids is 1. The van der Waals surface area contributed by atoms with Gasteiger partial charge in [-0.15, -0.1) is 0 Å². The van der Waals surface area contributed by atoms with Gasteiger partial charge in [0, 0.05) is 11.5 Å². The van der Waals surface area contributed by atoms with E-state index >= 15 is 0 Å². The highest BCUT2D eigenvalue weighted by Gasteiger charge is 2.13. The second-order valence-electron chi connectivity index (χ2n) is 3.77. The third-order valence-corrected chi connectivity index (χ3v) is 2.50. The number of carbonyl (C=O) groups is 1. The number of hydrogen-bond donors (Lipinski definition) is 0. The summed E-state index contributed by atoms with van der Waals surface area (Å²) in [5, 5.41) is 0. The van der Waals surface area contributed by atoms with Crippen molar-refractivity contribution in [2.75, 3.05) is 0 Å². The van der Waals surface area contributed by atoms with Crippen LogP contribution in [0.4, 0.5) is 0 Å². The molecule has 0 amide bonds. The Kier molecular flexibility index (Phi) is 4.37. The van der Waals surface area contributed by atoms with E-state index in [2.05, 4.69) is 6.92 Å². The SMILES string of the molecule is CCCC[C@@H](C)C(=O)c1ccccc1. The van der Waals surface area contributed by atoms with Crippen LogP contribution in [0.5, 0.6) is 0 Å². The normalized spacial score (nSPS) is 12.4. The fourth-order valence-electron chi connectivity index (χ4n) is 1.53. The highest BCUT2D eigenvalue weighted by Crippen LogP contribution is 2.14. The standard InChI is InChI=1S/C13H18O/c1-3-4-8-11(2)13(14)12-9-6-5-7-10-12/h5-7,9-11H,3-4,8H2,1-2H3/t11-/m1/s1. The van der Waals surface area contributed by atoms with Crippen molar-refractivity contribution >= 4 is 5.78 Å². The number of benzene rings is 1. The maximum atomic E-state index is 11.9. The molecule has 1 nitrogen and oxygen atoms in total. The summed E-state index contributed by atoms with van der Waals surface area (Å²) in [7, 11) is 0. The van der Waals surface area contributed by atoms with Gasteiger partial charge >= 0.3 is 0 Å². The number of unbranched alkanes of at least 4 members (excludes halogenated alkanes) is 1. The summed E-state index contributed by atoms with van der Waals surface area (Å²) >= 11 is 0. The summed E-state index contributed by atoms with van der Waals surface area (Å²) in [5.41, 5.74) is 0.844. The minimum Gasteiger partial charge on any atom is -0.294 e. The molecule has 1 heteroatoms. The molecule has 0 N–H and O–H groups in total. The van der Waals surface area contributed by atoms with Gasteiger partial charge in [-0.25, -0.2) is 0 Å². The molecule has 0 saturated heterocycles. The van der Waals surface area contributed by atoms with Gasteiger partial charge in [0.15, 0.2) is 5.78 Å². The Balaban J connectivity index is 2.57. The summed E-state index contributed by atoms with van der Waals surface area (Å²) in [6.45, 7) is 4.17. The minimum absolute atomic E-state index is 0.164. The molecule has 0 saturated carbocycles. The molecule has 0 radical (unpaired) electrons. The first kappa shape index (κ1) is 11.0. The molecule has 1 aromatic rings. The van der Waals surface area contributed by atoms with Crippen LogP contribution >= 0.6 is 0 Å². The number of rotatable bonds is 5. The van der Waals surface area contributed by atoms with Crippen molar-refractivity contribution in [3.8, 4) is 0 Å². The van der Waals surface area contributed by atoms with Gasteiger partial charge in [-0.1, -0.05) is 57.0 Å². The minimum atomic E-state index is 0.164. The van der Waals surface area contributed by atoms with Crippen LogP contribution < -0.4 is 0 Å². The first-order valence-corrected chi connectivity index (χ1v) is 5.35. The van der Waals surface area contributed by atoms with Crippen molar-refractivity contribution in [2.45, 2.75) is 33.1 Å². The van der Waals surface area contributed by atoms with E-state index in [1.807, 2.05) is 37.3 Å². The Bertz CT molecular complexity index is 277. The van der Waals surface area contributed by atoms with Crippen LogP contribution in [0.2, 0.25) is 0 Å². The maximum Gasteiger partial charge on any atom is 0.165 e. The smallest absolute Gasteiger partial charge is 0.165 e. The Morgan fingerprint density at radius 1 is 1.29 bits per heavy atom. The van der Waals surface area contributed by atoms with Crippen molar-refractivity contribution in [1.82, 2.24) is 0 Å². The highest BCUT2D eigenvalue weighted by atomic mass is 16.1. The van der Waals surface area contributed by atoms with Crippen molar-refractivity contribution in [3.63, 3.8) is 0 Å². The van der Waals surface area contributed by atoms with Crippen LogP contribution in [0.15, 0.2) is 30.3 Å². The lowest BCUT2D eigenvalue weighted by molar-refractivity contribution is 0.0922. The Morgan fingerprint density at radius 2 is 1.93 bits per heavy atom. The van der Waals surface area contributed by atoms with E-state index in [1.165, 1.54) is 0 Å². The van der Waals surface area contributed by atoms with E-state index in [0.29, 0.717) is 0 Å². The number of ketones is 1. The predicted molar refractivity (Wildman–Crippen MR) is 59.5 cm³/mol. The molecule has 14 heavy (non-hydrogen) atoms. The summed E-state index contributed by atoms with van der Waals surface area (Å²) in [6, 6.07) is 9.56. The van der Waals surface area contributed by atoms with Gasteiger partial charge in [0.1, 0.15) is 0 Å². The molecule has 0 aliphatic rings. The van der Waals surface area contributed by atoms with E-state index in [4.69, 9.17) is 0 Å². The van der Waals surface area contributed by atoms with Crippen molar-refractivity contribution < 1.29 is 4.79 Å². The fraction of sp³-hybridized carbons (Fsp3) is 0.462. The summed E-state index contributed by atoms with van der Waals surface area (Å²) in [5.74, 6) is 0.441. The Hall–Kier alpha value is -1.11. The van der Waals surface area contributed by atoms with E-state index in [-0.39, 0.29) is 11.7 Å². The first-order chi connectivity index (χ1) is 6.75. The predicted octanol–water partition coefficient (Wildman–Crippen LogP) is 3.70. The summed E-state index contributed by atoms with van der Waals surface area (Å²) < 4.78 is 0. The lowest BCUT2D eigenvalue weighted by Crippen LogP contribution is -2.10. The molecule has 0 aliphatic carbocycles. The molecule has 0 unspecified atom stereocenters. The zero-order chi connectivity index (χ0) is 10.4. The Morgan fingerprint density at radius 3 is 2.50 bits per heavy atom. The van der Waals surface area contributed by atoms with Gasteiger partial charge in [0.05, 0.1) is 0 Å². The molecule has 1 aromatic carbocycles. The largest absolute Gasteiger partial charge is 0.294 e. The van der Waals surface area contributed by atoms with Gasteiger partial charge in [0.2, 0.25) is 0 Å². The molecule has 1 atom stereocenters. The van der Waals surface area contributed by atoms with Crippen LogP contribution in [-0.4, -0.2) is 5.78 Å². The monoisotopic (exact) mass is 190 g/mol. The topological polar surface area (TPSA) is 17.1 Å². The third-order valence-electron chi connectivity index (χ3n) is 2.50. The van der Waals surface area contributed by atoms with Gasteiger partial charge in [0.25, 0.3) is 0 Å². The van der Waals surface area contributed by atoms with Gasteiger partial charge in [-0.2, -0.15) is 0 Å². The van der Waals surface area contributed by atoms with Crippen LogP contribution in [-0.2, 0) is 0 Å². The number of Topliss-reactive ketones (excluding diaryl/α,β-unsaturated/α-hetero) is 1. The van der Waals surface area contributed by atoms with Crippen LogP contribution in [0.25, 0.3) is 0 Å². The molecular weight excluding hydrogens is 172 g/mol. The van der Waals surface area contributed by atoms with Crippen LogP contribution in [0, 0.1) is 5.92 Å². The van der Waals surface area contributed by atoms with E-state index in [9.17, 15) is 4.79 Å². The molecule has 0 spiro atoms. The van der Waals surface area contributed by atoms with E-state index in [0.717, 1.165) is 24.8 Å². The molecule has 76 valence electrons. The molecular formula is C13H18O. The lowest BCUT2D eigenvalue weighted by Gasteiger charge is -2.09. The van der Waals surface area contributed by atoms with E-state index < -0.39 is 0 Å². The summed E-state index contributed by atoms with van der Waals surface area (Å²) in [4.78, 5) is 11.9. The molecule has 0 aliphatic heterocycles. The second-order valence-corrected chi connectivity index (χ2v) is 3.77. The first-order valence-electron chi connectivity index (χ1n) is 5.35. The maximum absolute atomic E-state index is 11.9. The zero-order valence-corrected chi connectivity index (χ0v) is 8.99. The lowest BCUT2D eigenvalue weighted by atomic mass is 9.95. The molecule has 0 heterocycles. The van der Waals surface area contributed by atoms with Crippen molar-refractivity contribution in [1.29, 1.82) is 0 Å². The molecule has 0 fully saturated rings. The molecule has 0 bridgehead atoms. The van der Waals surface area contributed by atoms with Gasteiger partial charge in [-0.3, -0.25) is 4.79 Å². The van der Waals surface area contributed by atoms with Crippen molar-refractivity contribution in [2.24, 2.45) is 5.92 Å². The highest BCUT2D eigenvalue weighted by molar-refractivity contribution is 5.97. The quantitative estimate of drug-likeness (QED) is 0.647. The molecule has 1 rings (SSSR count). The van der Waals surface area contributed by atoms with Crippen LogP contribution in [0.1, 0.15) is 43.5 Å². The van der Waals surface area contributed by atoms with Gasteiger partial charge < -0.3 is 0 Å². The average Bonchev–Trinajstić information content (AvgIpc) is 2.26. The van der Waals surface area contributed by atoms with Gasteiger partial charge in [-0.05, 0) is 6.42 Å². The third kappa shape index (κ3) is 2.99. The fourth-order valence-corrected chi connectivity index (χ4v) is 1.53. The van der Waals surface area contributed by atoms with Crippen LogP contribution in [0.3, 0.4) is 0 Å². The van der Waals surface area contributed by atoms with E-state index in [1.54, 1.807) is 0 Å². The molecule has 0 aromatic heterocycles. The Labute approximate surface area is 86.1 Å². The van der Waals surface area contributed by atoms with Crippen molar-refractivity contribution in [3.05, 3.63) is 35.9 Å². The average molecular weight is 190 g/mol.